The summed E-state index contributed by atoms with van der Waals surface area (Å²) in [6, 6.07) is 7.80. The van der Waals surface area contributed by atoms with Gasteiger partial charge in [0.2, 0.25) is 5.89 Å². The lowest BCUT2D eigenvalue weighted by molar-refractivity contribution is -0.142. The molecule has 9 heteroatoms. The lowest BCUT2D eigenvalue weighted by Gasteiger charge is -2.05. The number of thioether (sulfide) groups is 1. The maximum absolute atomic E-state index is 12.0. The Morgan fingerprint density at radius 1 is 1.31 bits per heavy atom. The monoisotopic (exact) mass is 436 g/mol. The fraction of sp³-hybridized carbons (Fsp3) is 0.294. The Hall–Kier alpha value is -2.13. The van der Waals surface area contributed by atoms with Gasteiger partial charge in [0, 0.05) is 5.56 Å². The molecule has 0 spiro atoms. The van der Waals surface area contributed by atoms with Crippen LogP contribution in [0.25, 0.3) is 23.0 Å². The molecule has 0 aliphatic heterocycles. The fourth-order valence-electron chi connectivity index (χ4n) is 2.38. The topological polar surface area (TPSA) is 83.0 Å². The lowest BCUT2D eigenvalue weighted by atomic mass is 10.1. The maximum atomic E-state index is 12.0. The zero-order valence-corrected chi connectivity index (χ0v) is 16.9. The van der Waals surface area contributed by atoms with E-state index in [1.54, 1.807) is 0 Å². The predicted molar refractivity (Wildman–Crippen MR) is 103 cm³/mol. The Labute approximate surface area is 163 Å². The first-order chi connectivity index (χ1) is 12.5. The van der Waals surface area contributed by atoms with Crippen LogP contribution in [0, 0.1) is 13.8 Å². The summed E-state index contributed by atoms with van der Waals surface area (Å²) in [5.41, 5.74) is 3.20. The molecule has 1 aromatic carbocycles. The highest BCUT2D eigenvalue weighted by Crippen LogP contribution is 2.32. The van der Waals surface area contributed by atoms with Crippen molar-refractivity contribution in [1.82, 2.24) is 20.0 Å². The molecular formula is C17H17BrN4O3S. The summed E-state index contributed by atoms with van der Waals surface area (Å²) < 4.78 is 13.2. The van der Waals surface area contributed by atoms with E-state index in [0.717, 1.165) is 11.1 Å². The molecule has 0 saturated carbocycles. The van der Waals surface area contributed by atoms with E-state index >= 15 is 0 Å². The molecule has 26 heavy (non-hydrogen) atoms. The molecule has 0 radical (unpaired) electrons. The van der Waals surface area contributed by atoms with Gasteiger partial charge in [-0.15, -0.1) is 22.0 Å². The zero-order valence-electron chi connectivity index (χ0n) is 14.5. The minimum absolute atomic E-state index is 0.0372. The van der Waals surface area contributed by atoms with Crippen LogP contribution in [0.15, 0.2) is 33.2 Å². The number of esters is 1. The van der Waals surface area contributed by atoms with Crippen molar-refractivity contribution in [2.75, 3.05) is 12.2 Å². The Bertz CT molecular complexity index is 938. The van der Waals surface area contributed by atoms with Crippen molar-refractivity contribution in [1.29, 1.82) is 0 Å². The van der Waals surface area contributed by atoms with Gasteiger partial charge in [-0.25, -0.2) is 4.68 Å². The highest BCUT2D eigenvalue weighted by Gasteiger charge is 2.22. The smallest absolute Gasteiger partial charge is 0.328 e. The first kappa shape index (κ1) is 18.7. The van der Waals surface area contributed by atoms with Crippen LogP contribution >= 0.6 is 27.7 Å². The number of aromatic nitrogens is 4. The number of hydrogen-bond acceptors (Lipinski definition) is 7. The number of carbonyl (C=O) groups is 1. The normalized spacial score (nSPS) is 10.9. The van der Waals surface area contributed by atoms with Crippen molar-refractivity contribution in [3.63, 3.8) is 0 Å². The summed E-state index contributed by atoms with van der Waals surface area (Å²) in [5, 5.41) is 12.6. The van der Waals surface area contributed by atoms with Gasteiger partial charge < -0.3 is 9.15 Å². The van der Waals surface area contributed by atoms with Gasteiger partial charge in [-0.2, -0.15) is 5.10 Å². The van der Waals surface area contributed by atoms with Gasteiger partial charge in [-0.3, -0.25) is 4.79 Å². The minimum Gasteiger partial charge on any atom is -0.453 e. The van der Waals surface area contributed by atoms with Crippen molar-refractivity contribution in [3.8, 4) is 23.0 Å². The van der Waals surface area contributed by atoms with E-state index in [9.17, 15) is 4.79 Å². The molecule has 0 unspecified atom stereocenters. The molecule has 2 aromatic heterocycles. The molecule has 0 aliphatic carbocycles. The van der Waals surface area contributed by atoms with Gasteiger partial charge in [0.1, 0.15) is 18.2 Å². The molecule has 3 aromatic rings. The van der Waals surface area contributed by atoms with Crippen LogP contribution in [0.1, 0.15) is 11.3 Å². The Balaban J connectivity index is 1.93. The Morgan fingerprint density at radius 3 is 2.81 bits per heavy atom. The molecule has 0 atom stereocenters. The Kier molecular flexibility index (Phi) is 5.77. The second-order valence-electron chi connectivity index (χ2n) is 5.61. The third-order valence-electron chi connectivity index (χ3n) is 3.56. The highest BCUT2D eigenvalue weighted by atomic mass is 79.9. The summed E-state index contributed by atoms with van der Waals surface area (Å²) in [6.07, 6.45) is 1.86. The molecule has 136 valence electrons. The van der Waals surface area contributed by atoms with Crippen LogP contribution in [0.3, 0.4) is 0 Å². The van der Waals surface area contributed by atoms with Crippen molar-refractivity contribution < 1.29 is 13.9 Å². The van der Waals surface area contributed by atoms with Crippen LogP contribution in [0.4, 0.5) is 0 Å². The van der Waals surface area contributed by atoms with Gasteiger partial charge in [-0.05, 0) is 48.2 Å². The first-order valence-electron chi connectivity index (χ1n) is 7.78. The molecule has 0 saturated heterocycles. The zero-order chi connectivity index (χ0) is 18.7. The van der Waals surface area contributed by atoms with Gasteiger partial charge in [-0.1, -0.05) is 17.7 Å². The molecule has 0 amide bonds. The van der Waals surface area contributed by atoms with Crippen molar-refractivity contribution in [2.24, 2.45) is 0 Å². The highest BCUT2D eigenvalue weighted by molar-refractivity contribution is 9.10. The quantitative estimate of drug-likeness (QED) is 0.428. The summed E-state index contributed by atoms with van der Waals surface area (Å²) in [4.78, 5) is 12.0. The third-order valence-corrected chi connectivity index (χ3v) is 4.87. The number of benzene rings is 1. The van der Waals surface area contributed by atoms with Gasteiger partial charge >= 0.3 is 5.97 Å². The van der Waals surface area contributed by atoms with Gasteiger partial charge in [0.15, 0.2) is 0 Å². The fourth-order valence-corrected chi connectivity index (χ4v) is 3.09. The van der Waals surface area contributed by atoms with E-state index in [4.69, 9.17) is 9.15 Å². The van der Waals surface area contributed by atoms with E-state index in [-0.39, 0.29) is 18.4 Å². The van der Waals surface area contributed by atoms with E-state index in [2.05, 4.69) is 31.2 Å². The van der Waals surface area contributed by atoms with Crippen molar-refractivity contribution in [2.45, 2.75) is 20.4 Å². The number of ether oxygens (including phenoxy) is 1. The predicted octanol–water partition coefficient (Wildman–Crippen LogP) is 3.84. The van der Waals surface area contributed by atoms with E-state index < -0.39 is 0 Å². The summed E-state index contributed by atoms with van der Waals surface area (Å²) in [5.74, 6) is 0.611. The SMILES string of the molecule is CSCOC(=O)Cn1nc(C)c(Br)c1-c1nnc(-c2cccc(C)c2)o1. The third kappa shape index (κ3) is 3.99. The second-order valence-corrected chi connectivity index (χ2v) is 7.22. The van der Waals surface area contributed by atoms with Crippen LogP contribution in [0.2, 0.25) is 0 Å². The number of carbonyl (C=O) groups excluding carboxylic acids is 1. The van der Waals surface area contributed by atoms with Crippen LogP contribution in [0.5, 0.6) is 0 Å². The summed E-state index contributed by atoms with van der Waals surface area (Å²) in [7, 11) is 0. The minimum atomic E-state index is -0.381. The molecular weight excluding hydrogens is 420 g/mol. The molecule has 0 fully saturated rings. The van der Waals surface area contributed by atoms with Crippen LogP contribution in [-0.2, 0) is 16.1 Å². The average molecular weight is 437 g/mol. The van der Waals surface area contributed by atoms with Crippen LogP contribution < -0.4 is 0 Å². The molecule has 2 heterocycles. The molecule has 0 N–H and O–H groups in total. The van der Waals surface area contributed by atoms with Crippen molar-refractivity contribution in [3.05, 3.63) is 40.0 Å². The van der Waals surface area contributed by atoms with Gasteiger partial charge in [0.25, 0.3) is 5.89 Å². The number of nitrogens with zero attached hydrogens (tertiary/aromatic N) is 4. The average Bonchev–Trinajstić information content (AvgIpc) is 3.18. The maximum Gasteiger partial charge on any atom is 0.328 e. The van der Waals surface area contributed by atoms with Gasteiger partial charge in [0.05, 0.1) is 10.2 Å². The second kappa shape index (κ2) is 8.05. The lowest BCUT2D eigenvalue weighted by Crippen LogP contribution is -2.15. The number of aryl methyl sites for hydroxylation is 2. The van der Waals surface area contributed by atoms with E-state index in [1.165, 1.54) is 16.4 Å². The Morgan fingerprint density at radius 2 is 2.08 bits per heavy atom. The van der Waals surface area contributed by atoms with Crippen LogP contribution in [-0.4, -0.2) is 38.1 Å². The number of halogens is 1. The number of rotatable bonds is 6. The molecule has 3 rings (SSSR count). The molecule has 0 aliphatic rings. The molecule has 0 bridgehead atoms. The standard InChI is InChI=1S/C17H17BrN4O3S/c1-10-5-4-6-12(7-10)16-19-20-17(25-16)15-14(18)11(2)21-22(15)8-13(23)24-9-26-3/h4-7H,8-9H2,1-3H3. The summed E-state index contributed by atoms with van der Waals surface area (Å²) >= 11 is 4.92. The largest absolute Gasteiger partial charge is 0.453 e. The van der Waals surface area contributed by atoms with Crippen molar-refractivity contribution >= 4 is 33.7 Å². The molecule has 7 nitrogen and oxygen atoms in total. The number of hydrogen-bond donors (Lipinski definition) is 0. The van der Waals surface area contributed by atoms with E-state index in [0.29, 0.717) is 27.7 Å². The van der Waals surface area contributed by atoms with E-state index in [1.807, 2.05) is 44.4 Å². The summed E-state index contributed by atoms with van der Waals surface area (Å²) in [6.45, 7) is 3.79. The first-order valence-corrected chi connectivity index (χ1v) is 9.96.